The molecule has 2 saturated heterocycles. The normalized spacial score (nSPS) is 20.3. The third kappa shape index (κ3) is 5.03. The maximum Gasteiger partial charge on any atom is 0.223 e. The van der Waals surface area contributed by atoms with Crippen LogP contribution in [0.4, 0.5) is 0 Å². The molecule has 26 heavy (non-hydrogen) atoms. The van der Waals surface area contributed by atoms with Gasteiger partial charge in [0.2, 0.25) is 11.8 Å². The molecule has 3 rings (SSSR count). The number of rotatable bonds is 5. The molecule has 0 atom stereocenters. The highest BCUT2D eigenvalue weighted by atomic mass is 32.2. The lowest BCUT2D eigenvalue weighted by atomic mass is 9.73. The fourth-order valence-corrected chi connectivity index (χ4v) is 4.92. The fraction of sp³-hybridized carbons (Fsp3) is 0.619. The third-order valence-corrected chi connectivity index (χ3v) is 7.05. The Kier molecular flexibility index (Phi) is 6.63. The minimum atomic E-state index is 0.274. The molecule has 5 heteroatoms. The van der Waals surface area contributed by atoms with Gasteiger partial charge in [0.05, 0.1) is 0 Å². The van der Waals surface area contributed by atoms with Crippen LogP contribution in [0.25, 0.3) is 0 Å². The van der Waals surface area contributed by atoms with Gasteiger partial charge >= 0.3 is 0 Å². The summed E-state index contributed by atoms with van der Waals surface area (Å²) in [5.74, 6) is 2.42. The molecule has 0 aromatic heterocycles. The highest BCUT2D eigenvalue weighted by molar-refractivity contribution is 7.98. The van der Waals surface area contributed by atoms with E-state index in [0.29, 0.717) is 18.7 Å². The quantitative estimate of drug-likeness (QED) is 0.740. The minimum absolute atomic E-state index is 0.274. The van der Waals surface area contributed by atoms with Crippen LogP contribution < -0.4 is 0 Å². The zero-order valence-electron chi connectivity index (χ0n) is 15.8. The van der Waals surface area contributed by atoms with E-state index in [1.165, 1.54) is 5.56 Å². The first kappa shape index (κ1) is 19.3. The molecule has 0 radical (unpaired) electrons. The number of nitrogens with zero attached hydrogens (tertiary/aromatic N) is 2. The molecule has 2 aliphatic rings. The average molecular weight is 375 g/mol. The first-order valence-electron chi connectivity index (χ1n) is 9.71. The van der Waals surface area contributed by atoms with Crippen molar-refractivity contribution in [1.82, 2.24) is 9.80 Å². The maximum absolute atomic E-state index is 12.5. The Labute approximate surface area is 161 Å². The SMILES string of the molecule is CN1CCC2(CCC1=O)CCN(C(=O)CCSCc1ccccc1)CC2. The van der Waals surface area contributed by atoms with Crippen molar-refractivity contribution in [3.05, 3.63) is 35.9 Å². The van der Waals surface area contributed by atoms with Gasteiger partial charge < -0.3 is 9.80 Å². The number of amides is 2. The van der Waals surface area contributed by atoms with Gasteiger partial charge in [0.25, 0.3) is 0 Å². The van der Waals surface area contributed by atoms with E-state index in [2.05, 4.69) is 24.3 Å². The molecule has 0 saturated carbocycles. The Morgan fingerprint density at radius 2 is 1.77 bits per heavy atom. The van der Waals surface area contributed by atoms with Crippen molar-refractivity contribution in [1.29, 1.82) is 0 Å². The van der Waals surface area contributed by atoms with Gasteiger partial charge in [0.15, 0.2) is 0 Å². The summed E-state index contributed by atoms with van der Waals surface area (Å²) in [5, 5.41) is 0. The molecule has 4 nitrogen and oxygen atoms in total. The summed E-state index contributed by atoms with van der Waals surface area (Å²) in [7, 11) is 1.91. The third-order valence-electron chi connectivity index (χ3n) is 6.02. The highest BCUT2D eigenvalue weighted by Crippen LogP contribution is 2.41. The zero-order chi connectivity index (χ0) is 18.4. The lowest BCUT2D eigenvalue weighted by Crippen LogP contribution is -2.43. The van der Waals surface area contributed by atoms with Crippen LogP contribution >= 0.6 is 11.8 Å². The number of carbonyl (C=O) groups excluding carboxylic acids is 2. The molecule has 0 bridgehead atoms. The number of thioether (sulfide) groups is 1. The second-order valence-corrected chi connectivity index (χ2v) is 8.84. The number of likely N-dealkylation sites (tertiary alicyclic amines) is 2. The van der Waals surface area contributed by atoms with Crippen molar-refractivity contribution in [3.8, 4) is 0 Å². The zero-order valence-corrected chi connectivity index (χ0v) is 16.6. The molecule has 2 heterocycles. The predicted molar refractivity (Wildman–Crippen MR) is 107 cm³/mol. The Hall–Kier alpha value is -1.49. The van der Waals surface area contributed by atoms with Crippen molar-refractivity contribution < 1.29 is 9.59 Å². The summed E-state index contributed by atoms with van der Waals surface area (Å²) in [4.78, 5) is 28.3. The summed E-state index contributed by atoms with van der Waals surface area (Å²) in [6.45, 7) is 2.59. The van der Waals surface area contributed by atoms with Gasteiger partial charge in [-0.15, -0.1) is 0 Å². The number of piperidine rings is 1. The summed E-state index contributed by atoms with van der Waals surface area (Å²) >= 11 is 1.83. The second-order valence-electron chi connectivity index (χ2n) is 7.73. The minimum Gasteiger partial charge on any atom is -0.346 e. The fourth-order valence-electron chi connectivity index (χ4n) is 4.03. The van der Waals surface area contributed by atoms with E-state index in [1.54, 1.807) is 0 Å². The molecule has 2 amide bonds. The van der Waals surface area contributed by atoms with Crippen molar-refractivity contribution in [2.45, 2.75) is 44.3 Å². The summed E-state index contributed by atoms with van der Waals surface area (Å²) in [6.07, 6.45) is 5.48. The smallest absolute Gasteiger partial charge is 0.223 e. The van der Waals surface area contributed by atoms with Gasteiger partial charge in [-0.05, 0) is 36.7 Å². The van der Waals surface area contributed by atoms with Crippen LogP contribution in [0, 0.1) is 5.41 Å². The van der Waals surface area contributed by atoms with Crippen LogP contribution in [-0.4, -0.2) is 54.0 Å². The molecular weight excluding hydrogens is 344 g/mol. The van der Waals surface area contributed by atoms with Crippen LogP contribution in [-0.2, 0) is 15.3 Å². The van der Waals surface area contributed by atoms with Crippen LogP contribution in [0.5, 0.6) is 0 Å². The van der Waals surface area contributed by atoms with Crippen LogP contribution in [0.3, 0.4) is 0 Å². The van der Waals surface area contributed by atoms with E-state index in [4.69, 9.17) is 0 Å². The average Bonchev–Trinajstić information content (AvgIpc) is 2.81. The standard InChI is InChI=1S/C21H30N2O2S/c1-22-13-10-21(9-7-19(22)24)11-14-23(15-12-21)20(25)8-16-26-17-18-5-3-2-4-6-18/h2-6H,7-17H2,1H3. The molecule has 2 aliphatic heterocycles. The van der Waals surface area contributed by atoms with E-state index < -0.39 is 0 Å². The molecular formula is C21H30N2O2S. The van der Waals surface area contributed by atoms with Crippen LogP contribution in [0.15, 0.2) is 30.3 Å². The monoisotopic (exact) mass is 374 g/mol. The van der Waals surface area contributed by atoms with Gasteiger partial charge in [0, 0.05) is 51.0 Å². The summed E-state index contributed by atoms with van der Waals surface area (Å²) in [6, 6.07) is 10.4. The van der Waals surface area contributed by atoms with Crippen molar-refractivity contribution in [2.24, 2.45) is 5.41 Å². The first-order valence-corrected chi connectivity index (χ1v) is 10.9. The number of benzene rings is 1. The first-order chi connectivity index (χ1) is 12.6. The van der Waals surface area contributed by atoms with E-state index in [1.807, 2.05) is 34.7 Å². The number of carbonyl (C=O) groups is 2. The van der Waals surface area contributed by atoms with E-state index >= 15 is 0 Å². The van der Waals surface area contributed by atoms with Crippen LogP contribution in [0.1, 0.15) is 44.1 Å². The van der Waals surface area contributed by atoms with Crippen molar-refractivity contribution in [3.63, 3.8) is 0 Å². The van der Waals surface area contributed by atoms with Gasteiger partial charge in [-0.3, -0.25) is 9.59 Å². The molecule has 0 unspecified atom stereocenters. The topological polar surface area (TPSA) is 40.6 Å². The Balaban J connectivity index is 1.39. The molecule has 0 aliphatic carbocycles. The van der Waals surface area contributed by atoms with E-state index in [-0.39, 0.29) is 11.3 Å². The van der Waals surface area contributed by atoms with Gasteiger partial charge in [-0.25, -0.2) is 0 Å². The second kappa shape index (κ2) is 8.94. The Bertz CT molecular complexity index is 612. The molecule has 2 fully saturated rings. The summed E-state index contributed by atoms with van der Waals surface area (Å²) in [5.41, 5.74) is 1.59. The molecule has 0 N–H and O–H groups in total. The molecule has 142 valence electrons. The van der Waals surface area contributed by atoms with Gasteiger partial charge in [0.1, 0.15) is 0 Å². The molecule has 1 spiro atoms. The Morgan fingerprint density at radius 3 is 2.50 bits per heavy atom. The summed E-state index contributed by atoms with van der Waals surface area (Å²) < 4.78 is 0. The van der Waals surface area contributed by atoms with Crippen LogP contribution in [0.2, 0.25) is 0 Å². The lowest BCUT2D eigenvalue weighted by Gasteiger charge is -2.41. The largest absolute Gasteiger partial charge is 0.346 e. The van der Waals surface area contributed by atoms with Crippen molar-refractivity contribution in [2.75, 3.05) is 32.4 Å². The predicted octanol–water partition coefficient (Wildman–Crippen LogP) is 3.56. The highest BCUT2D eigenvalue weighted by Gasteiger charge is 2.38. The Morgan fingerprint density at radius 1 is 1.08 bits per heavy atom. The molecule has 1 aromatic rings. The number of hydrogen-bond donors (Lipinski definition) is 0. The van der Waals surface area contributed by atoms with E-state index in [9.17, 15) is 9.59 Å². The number of hydrogen-bond acceptors (Lipinski definition) is 3. The maximum atomic E-state index is 12.5. The molecule has 1 aromatic carbocycles. The van der Waals surface area contributed by atoms with Gasteiger partial charge in [-0.2, -0.15) is 11.8 Å². The van der Waals surface area contributed by atoms with Crippen molar-refractivity contribution >= 4 is 23.6 Å². The van der Waals surface area contributed by atoms with E-state index in [0.717, 1.165) is 56.8 Å². The van der Waals surface area contributed by atoms with Gasteiger partial charge in [-0.1, -0.05) is 30.3 Å². The lowest BCUT2D eigenvalue weighted by molar-refractivity contribution is -0.133.